The number of nitrogens with zero attached hydrogens (tertiary/aromatic N) is 4. The topological polar surface area (TPSA) is 103 Å². The predicted molar refractivity (Wildman–Crippen MR) is 114 cm³/mol. The lowest BCUT2D eigenvalue weighted by Crippen LogP contribution is -2.37. The van der Waals surface area contributed by atoms with Crippen LogP contribution < -0.4 is 21.9 Å². The van der Waals surface area contributed by atoms with E-state index >= 15 is 0 Å². The predicted octanol–water partition coefficient (Wildman–Crippen LogP) is 0.123. The van der Waals surface area contributed by atoms with E-state index in [0.717, 1.165) is 14.6 Å². The molecular weight excluding hydrogens is 440 g/mol. The molecule has 1 amide bonds. The maximum atomic E-state index is 12.9. The Morgan fingerprint density at radius 1 is 1.17 bits per heavy atom. The molecule has 3 rings (SSSR count). The van der Waals surface area contributed by atoms with Crippen LogP contribution in [0.2, 0.25) is 0 Å². The average molecular weight is 463 g/mol. The third-order valence-corrected chi connectivity index (χ3v) is 5.17. The normalized spacial score (nSPS) is 11.2. The van der Waals surface area contributed by atoms with Gasteiger partial charge < -0.3 is 15.2 Å². The van der Waals surface area contributed by atoms with Crippen LogP contribution in [-0.4, -0.2) is 44.7 Å². The summed E-state index contributed by atoms with van der Waals surface area (Å²) in [7, 11) is 4.81. The lowest BCUT2D eigenvalue weighted by atomic mass is 10.2. The molecule has 10 heteroatoms. The fourth-order valence-electron chi connectivity index (χ4n) is 3.15. The number of benzene rings is 1. The fourth-order valence-corrected chi connectivity index (χ4v) is 3.59. The molecular formula is C19H23BrN6O3. The second kappa shape index (κ2) is 8.75. The van der Waals surface area contributed by atoms with E-state index in [9.17, 15) is 14.4 Å². The number of amides is 1. The third-order valence-electron chi connectivity index (χ3n) is 4.67. The molecule has 0 unspecified atom stereocenters. The molecule has 2 heterocycles. The van der Waals surface area contributed by atoms with E-state index in [4.69, 9.17) is 0 Å². The first-order valence-electron chi connectivity index (χ1n) is 9.14. The highest BCUT2D eigenvalue weighted by atomic mass is 79.9. The van der Waals surface area contributed by atoms with Crippen LogP contribution in [0.25, 0.3) is 11.2 Å². The van der Waals surface area contributed by atoms with Crippen LogP contribution in [0.3, 0.4) is 0 Å². The molecule has 0 atom stereocenters. The molecule has 1 aromatic carbocycles. The Balaban J connectivity index is 2.12. The van der Waals surface area contributed by atoms with Crippen LogP contribution in [0.1, 0.15) is 11.4 Å². The van der Waals surface area contributed by atoms with Gasteiger partial charge in [-0.25, -0.2) is 9.78 Å². The Labute approximate surface area is 175 Å². The molecule has 154 valence electrons. The van der Waals surface area contributed by atoms with Gasteiger partial charge in [-0.05, 0) is 24.7 Å². The molecule has 9 nitrogen and oxygen atoms in total. The molecule has 0 radical (unpaired) electrons. The van der Waals surface area contributed by atoms with Gasteiger partial charge in [0, 0.05) is 38.2 Å². The van der Waals surface area contributed by atoms with Crippen molar-refractivity contribution in [3.63, 3.8) is 0 Å². The Kier molecular flexibility index (Phi) is 6.33. The van der Waals surface area contributed by atoms with Gasteiger partial charge in [-0.2, -0.15) is 0 Å². The van der Waals surface area contributed by atoms with Gasteiger partial charge in [0.2, 0.25) is 5.91 Å². The number of rotatable bonds is 7. The first-order valence-corrected chi connectivity index (χ1v) is 9.93. The average Bonchev–Trinajstić information content (AvgIpc) is 3.03. The molecule has 0 fully saturated rings. The molecule has 29 heavy (non-hydrogen) atoms. The SMILES string of the molecule is CNCCNC(=O)Cc1nc2c(c(=O)n(C)c(=O)n2C)n1Cc1cccc(Br)c1. The van der Waals surface area contributed by atoms with Gasteiger partial charge in [-0.3, -0.25) is 18.7 Å². The molecule has 0 saturated carbocycles. The summed E-state index contributed by atoms with van der Waals surface area (Å²) < 4.78 is 5.01. The van der Waals surface area contributed by atoms with Gasteiger partial charge in [-0.15, -0.1) is 0 Å². The highest BCUT2D eigenvalue weighted by Gasteiger charge is 2.20. The maximum absolute atomic E-state index is 12.9. The van der Waals surface area contributed by atoms with Crippen molar-refractivity contribution >= 4 is 33.0 Å². The Bertz CT molecular complexity index is 1180. The summed E-state index contributed by atoms with van der Waals surface area (Å²) in [5.41, 5.74) is 0.609. The number of aryl methyl sites for hydroxylation is 1. The summed E-state index contributed by atoms with van der Waals surface area (Å²) >= 11 is 3.45. The monoisotopic (exact) mass is 462 g/mol. The van der Waals surface area contributed by atoms with Crippen LogP contribution in [-0.2, 0) is 31.9 Å². The Morgan fingerprint density at radius 3 is 2.62 bits per heavy atom. The van der Waals surface area contributed by atoms with Crippen molar-refractivity contribution in [1.82, 2.24) is 29.3 Å². The minimum atomic E-state index is -0.459. The quantitative estimate of drug-likeness (QED) is 0.485. The summed E-state index contributed by atoms with van der Waals surface area (Å²) in [6.45, 7) is 1.49. The second-order valence-corrected chi connectivity index (χ2v) is 7.67. The van der Waals surface area contributed by atoms with E-state index in [2.05, 4.69) is 31.5 Å². The molecule has 0 spiro atoms. The van der Waals surface area contributed by atoms with Crippen molar-refractivity contribution in [3.05, 3.63) is 61.0 Å². The van der Waals surface area contributed by atoms with Gasteiger partial charge in [0.15, 0.2) is 11.2 Å². The summed E-state index contributed by atoms with van der Waals surface area (Å²) in [5, 5.41) is 5.78. The summed E-state index contributed by atoms with van der Waals surface area (Å²) in [5.74, 6) is 0.230. The van der Waals surface area contributed by atoms with Crippen LogP contribution in [0.15, 0.2) is 38.3 Å². The van der Waals surface area contributed by atoms with Gasteiger partial charge in [-0.1, -0.05) is 28.1 Å². The molecule has 0 bridgehead atoms. The van der Waals surface area contributed by atoms with Crippen LogP contribution in [0.4, 0.5) is 0 Å². The number of carbonyl (C=O) groups is 1. The second-order valence-electron chi connectivity index (χ2n) is 6.75. The number of hydrogen-bond donors (Lipinski definition) is 2. The van der Waals surface area contributed by atoms with Crippen molar-refractivity contribution in [1.29, 1.82) is 0 Å². The van der Waals surface area contributed by atoms with E-state index in [0.29, 0.717) is 31.0 Å². The lowest BCUT2D eigenvalue weighted by molar-refractivity contribution is -0.120. The van der Waals surface area contributed by atoms with E-state index in [-0.39, 0.29) is 18.0 Å². The summed E-state index contributed by atoms with van der Waals surface area (Å²) in [6.07, 6.45) is 0.00371. The van der Waals surface area contributed by atoms with Crippen molar-refractivity contribution < 1.29 is 4.79 Å². The van der Waals surface area contributed by atoms with Gasteiger partial charge in [0.25, 0.3) is 5.56 Å². The lowest BCUT2D eigenvalue weighted by Gasteiger charge is -2.10. The van der Waals surface area contributed by atoms with Crippen LogP contribution in [0, 0.1) is 0 Å². The Hall–Kier alpha value is -2.72. The minimum absolute atomic E-state index is 0.00371. The highest BCUT2D eigenvalue weighted by Crippen LogP contribution is 2.17. The van der Waals surface area contributed by atoms with Crippen molar-refractivity contribution in [3.8, 4) is 0 Å². The zero-order chi connectivity index (χ0) is 21.1. The molecule has 0 saturated heterocycles. The first kappa shape index (κ1) is 21.0. The maximum Gasteiger partial charge on any atom is 0.332 e. The number of fused-ring (bicyclic) bond motifs is 1. The van der Waals surface area contributed by atoms with E-state index in [1.165, 1.54) is 11.6 Å². The zero-order valence-electron chi connectivity index (χ0n) is 16.5. The number of carbonyl (C=O) groups excluding carboxylic acids is 1. The number of halogens is 1. The Morgan fingerprint density at radius 2 is 1.93 bits per heavy atom. The standard InChI is InChI=1S/C19H23BrN6O3/c1-21-7-8-22-15(27)10-14-23-17-16(18(28)25(3)19(29)24(17)2)26(14)11-12-5-4-6-13(20)9-12/h4-6,9,21H,7-8,10-11H2,1-3H3,(H,22,27). The van der Waals surface area contributed by atoms with Crippen molar-refractivity contribution in [2.75, 3.05) is 20.1 Å². The smallest absolute Gasteiger partial charge is 0.332 e. The molecule has 2 aromatic heterocycles. The number of nitrogens with one attached hydrogen (secondary N) is 2. The number of hydrogen-bond acceptors (Lipinski definition) is 5. The minimum Gasteiger partial charge on any atom is -0.354 e. The molecule has 0 aliphatic carbocycles. The summed E-state index contributed by atoms with van der Waals surface area (Å²) in [6, 6.07) is 7.68. The third kappa shape index (κ3) is 4.33. The van der Waals surface area contributed by atoms with Crippen LogP contribution in [0.5, 0.6) is 0 Å². The molecule has 3 aromatic rings. The zero-order valence-corrected chi connectivity index (χ0v) is 18.1. The number of likely N-dealkylation sites (N-methyl/N-ethyl adjacent to an activating group) is 1. The van der Waals surface area contributed by atoms with Crippen molar-refractivity contribution in [2.45, 2.75) is 13.0 Å². The van der Waals surface area contributed by atoms with Crippen molar-refractivity contribution in [2.24, 2.45) is 14.1 Å². The summed E-state index contributed by atoms with van der Waals surface area (Å²) in [4.78, 5) is 42.0. The largest absolute Gasteiger partial charge is 0.354 e. The number of imidazole rings is 1. The first-order chi connectivity index (χ1) is 13.8. The van der Waals surface area contributed by atoms with Gasteiger partial charge in [0.1, 0.15) is 5.82 Å². The van der Waals surface area contributed by atoms with E-state index < -0.39 is 11.2 Å². The van der Waals surface area contributed by atoms with E-state index in [1.54, 1.807) is 18.7 Å². The van der Waals surface area contributed by atoms with E-state index in [1.807, 2.05) is 24.3 Å². The molecule has 2 N–H and O–H groups in total. The molecule has 0 aliphatic rings. The fraction of sp³-hybridized carbons (Fsp3) is 0.368. The highest BCUT2D eigenvalue weighted by molar-refractivity contribution is 9.10. The van der Waals surface area contributed by atoms with Gasteiger partial charge in [0.05, 0.1) is 6.42 Å². The van der Waals surface area contributed by atoms with Gasteiger partial charge >= 0.3 is 5.69 Å². The number of aromatic nitrogens is 4. The van der Waals surface area contributed by atoms with Crippen LogP contribution >= 0.6 is 15.9 Å². The molecule has 0 aliphatic heterocycles.